The number of amides is 1. The van der Waals surface area contributed by atoms with Gasteiger partial charge in [-0.15, -0.1) is 0 Å². The summed E-state index contributed by atoms with van der Waals surface area (Å²) in [6, 6.07) is 9.14. The number of aromatic nitrogens is 5. The number of carbonyl (C=O) groups excluding carboxylic acids is 1. The molecule has 0 bridgehead atoms. The third-order valence-corrected chi connectivity index (χ3v) is 5.68. The lowest BCUT2D eigenvalue weighted by Crippen LogP contribution is -2.46. The molecule has 1 amide bonds. The van der Waals surface area contributed by atoms with Gasteiger partial charge in [-0.25, -0.2) is 15.0 Å². The van der Waals surface area contributed by atoms with E-state index in [0.717, 1.165) is 23.4 Å². The van der Waals surface area contributed by atoms with Crippen LogP contribution in [0.25, 0.3) is 22.3 Å². The molecule has 1 fully saturated rings. The van der Waals surface area contributed by atoms with Crippen molar-refractivity contribution in [3.63, 3.8) is 0 Å². The minimum Gasteiger partial charge on any atom is -0.373 e. The number of ether oxygens (including phenoxy) is 1. The first-order valence-electron chi connectivity index (χ1n) is 11.4. The van der Waals surface area contributed by atoms with Gasteiger partial charge in [-0.2, -0.15) is 0 Å². The van der Waals surface area contributed by atoms with Gasteiger partial charge in [-0.3, -0.25) is 14.8 Å². The van der Waals surface area contributed by atoms with Crippen LogP contribution in [0.4, 0.5) is 23.1 Å². The summed E-state index contributed by atoms with van der Waals surface area (Å²) in [5, 5.41) is 6.75. The van der Waals surface area contributed by atoms with Crippen molar-refractivity contribution >= 4 is 40.0 Å². The number of nitrogens with zero attached hydrogens (tertiary/aromatic N) is 6. The van der Waals surface area contributed by atoms with Crippen molar-refractivity contribution in [2.24, 2.45) is 5.73 Å². The SMILES string of the molecule is C=CC(=O)Nc1ccnc(-c2nccc3cnc(Nc4ccc(N5CCO[C@H](CN)C5)nc4)nc23)c1. The van der Waals surface area contributed by atoms with Gasteiger partial charge < -0.3 is 26.0 Å². The number of hydrogen-bond donors (Lipinski definition) is 3. The Kier molecular flexibility index (Phi) is 6.74. The van der Waals surface area contributed by atoms with E-state index in [2.05, 4.69) is 42.0 Å². The molecule has 1 aliphatic rings. The molecule has 1 aliphatic heterocycles. The van der Waals surface area contributed by atoms with Crippen LogP contribution in [0.2, 0.25) is 0 Å². The normalized spacial score (nSPS) is 15.5. The van der Waals surface area contributed by atoms with Crippen LogP contribution >= 0.6 is 0 Å². The second-order valence-electron chi connectivity index (χ2n) is 8.12. The number of anilines is 4. The maximum absolute atomic E-state index is 11.7. The maximum Gasteiger partial charge on any atom is 0.247 e. The molecule has 1 saturated heterocycles. The van der Waals surface area contributed by atoms with Crippen molar-refractivity contribution in [3.8, 4) is 11.4 Å². The lowest BCUT2D eigenvalue weighted by molar-refractivity contribution is -0.111. The van der Waals surface area contributed by atoms with E-state index >= 15 is 0 Å². The van der Waals surface area contributed by atoms with Gasteiger partial charge in [-0.05, 0) is 36.4 Å². The quantitative estimate of drug-likeness (QED) is 0.335. The number of morpholine rings is 1. The Balaban J connectivity index is 1.38. The molecule has 4 N–H and O–H groups in total. The Labute approximate surface area is 207 Å². The van der Waals surface area contributed by atoms with Crippen LogP contribution in [0.1, 0.15) is 0 Å². The Morgan fingerprint density at radius 3 is 2.83 bits per heavy atom. The third kappa shape index (κ3) is 5.11. The summed E-state index contributed by atoms with van der Waals surface area (Å²) in [5.74, 6) is 0.957. The van der Waals surface area contributed by atoms with E-state index in [4.69, 9.17) is 15.5 Å². The molecule has 0 saturated carbocycles. The Morgan fingerprint density at radius 1 is 1.14 bits per heavy atom. The molecule has 1 atom stereocenters. The summed E-state index contributed by atoms with van der Waals surface area (Å²) in [7, 11) is 0. The van der Waals surface area contributed by atoms with Crippen LogP contribution in [-0.4, -0.2) is 63.2 Å². The van der Waals surface area contributed by atoms with E-state index in [1.165, 1.54) is 6.08 Å². The summed E-state index contributed by atoms with van der Waals surface area (Å²) >= 11 is 0. The van der Waals surface area contributed by atoms with Crippen molar-refractivity contribution in [2.45, 2.75) is 6.10 Å². The largest absolute Gasteiger partial charge is 0.373 e. The van der Waals surface area contributed by atoms with Crippen LogP contribution in [0.5, 0.6) is 0 Å². The highest BCUT2D eigenvalue weighted by atomic mass is 16.5. The lowest BCUT2D eigenvalue weighted by atomic mass is 10.1. The zero-order valence-electron chi connectivity index (χ0n) is 19.5. The second-order valence-corrected chi connectivity index (χ2v) is 8.12. The molecule has 182 valence electrons. The fraction of sp³-hybridized carbons (Fsp3) is 0.200. The van der Waals surface area contributed by atoms with Gasteiger partial charge in [0.15, 0.2) is 0 Å². The average Bonchev–Trinajstić information content (AvgIpc) is 2.93. The molecular weight excluding hydrogens is 458 g/mol. The molecule has 0 radical (unpaired) electrons. The average molecular weight is 484 g/mol. The summed E-state index contributed by atoms with van der Waals surface area (Å²) in [6.07, 6.45) is 7.97. The summed E-state index contributed by atoms with van der Waals surface area (Å²) in [6.45, 7) is 6.07. The number of nitrogens with two attached hydrogens (primary N) is 1. The topological polar surface area (TPSA) is 144 Å². The number of fused-ring (bicyclic) bond motifs is 1. The highest BCUT2D eigenvalue weighted by molar-refractivity contribution is 5.99. The van der Waals surface area contributed by atoms with Crippen LogP contribution in [0.15, 0.2) is 67.8 Å². The monoisotopic (exact) mass is 483 g/mol. The van der Waals surface area contributed by atoms with E-state index < -0.39 is 0 Å². The first-order chi connectivity index (χ1) is 17.6. The number of carbonyl (C=O) groups is 1. The minimum atomic E-state index is -0.306. The van der Waals surface area contributed by atoms with Crippen molar-refractivity contribution in [3.05, 3.63) is 67.8 Å². The number of pyridine rings is 3. The summed E-state index contributed by atoms with van der Waals surface area (Å²) < 4.78 is 5.63. The number of rotatable bonds is 7. The minimum absolute atomic E-state index is 0.0144. The lowest BCUT2D eigenvalue weighted by Gasteiger charge is -2.33. The van der Waals surface area contributed by atoms with Crippen LogP contribution in [-0.2, 0) is 9.53 Å². The number of nitrogens with one attached hydrogen (secondary N) is 2. The molecule has 0 spiro atoms. The molecule has 0 unspecified atom stereocenters. The van der Waals surface area contributed by atoms with Crippen LogP contribution in [0, 0.1) is 0 Å². The molecule has 36 heavy (non-hydrogen) atoms. The molecule has 5 rings (SSSR count). The first-order valence-corrected chi connectivity index (χ1v) is 11.4. The summed E-state index contributed by atoms with van der Waals surface area (Å²) in [5.41, 5.74) is 8.85. The molecular formula is C25H25N9O2. The molecule has 0 aliphatic carbocycles. The van der Waals surface area contributed by atoms with Gasteiger partial charge in [0.05, 0.1) is 30.3 Å². The smallest absolute Gasteiger partial charge is 0.247 e. The third-order valence-electron chi connectivity index (χ3n) is 5.68. The van der Waals surface area contributed by atoms with Crippen molar-refractivity contribution in [2.75, 3.05) is 41.8 Å². The first kappa shape index (κ1) is 23.3. The van der Waals surface area contributed by atoms with Gasteiger partial charge >= 0.3 is 0 Å². The highest BCUT2D eigenvalue weighted by Gasteiger charge is 2.20. The number of hydrogen-bond acceptors (Lipinski definition) is 10. The molecule has 11 nitrogen and oxygen atoms in total. The van der Waals surface area contributed by atoms with Gasteiger partial charge in [0, 0.05) is 49.3 Å². The van der Waals surface area contributed by atoms with Crippen molar-refractivity contribution < 1.29 is 9.53 Å². The standard InChI is InChI=1S/C25H25N9O2/c1-2-22(35)31-17-6-8-27-20(11-17)24-23-16(5-7-28-24)13-30-25(33-23)32-18-3-4-21(29-14-18)34-9-10-36-19(12-26)15-34/h2-8,11,13-14,19H,1,9-10,12,15,26H2,(H,27,31,35)(H,30,32,33)/t19-/m1/s1. The van der Waals surface area contributed by atoms with Crippen molar-refractivity contribution in [1.29, 1.82) is 0 Å². The van der Waals surface area contributed by atoms with E-state index in [1.54, 1.807) is 36.9 Å². The predicted molar refractivity (Wildman–Crippen MR) is 138 cm³/mol. The van der Waals surface area contributed by atoms with Gasteiger partial charge in [-0.1, -0.05) is 6.58 Å². The van der Waals surface area contributed by atoms with E-state index in [0.29, 0.717) is 48.2 Å². The highest BCUT2D eigenvalue weighted by Crippen LogP contribution is 2.26. The van der Waals surface area contributed by atoms with Gasteiger partial charge in [0.1, 0.15) is 17.0 Å². The van der Waals surface area contributed by atoms with Crippen LogP contribution in [0.3, 0.4) is 0 Å². The molecule has 11 heteroatoms. The van der Waals surface area contributed by atoms with Crippen molar-refractivity contribution in [1.82, 2.24) is 24.9 Å². The van der Waals surface area contributed by atoms with Gasteiger partial charge in [0.25, 0.3) is 0 Å². The molecule has 0 aromatic carbocycles. The van der Waals surface area contributed by atoms with E-state index in [9.17, 15) is 4.79 Å². The summed E-state index contributed by atoms with van der Waals surface area (Å²) in [4.78, 5) is 36.5. The Bertz CT molecular complexity index is 1390. The predicted octanol–water partition coefficient (Wildman–Crippen LogP) is 2.51. The van der Waals surface area contributed by atoms with E-state index in [1.807, 2.05) is 18.2 Å². The molecule has 4 aromatic heterocycles. The fourth-order valence-electron chi connectivity index (χ4n) is 3.88. The maximum atomic E-state index is 11.7. The Hall–Kier alpha value is -4.48. The second kappa shape index (κ2) is 10.4. The van der Waals surface area contributed by atoms with E-state index in [-0.39, 0.29) is 12.0 Å². The molecule has 5 heterocycles. The van der Waals surface area contributed by atoms with Gasteiger partial charge in [0.2, 0.25) is 11.9 Å². The van der Waals surface area contributed by atoms with Crippen LogP contribution < -0.4 is 21.3 Å². The Morgan fingerprint density at radius 2 is 2.03 bits per heavy atom. The molecule has 4 aromatic rings. The zero-order chi connectivity index (χ0) is 24.9. The fourth-order valence-corrected chi connectivity index (χ4v) is 3.88. The zero-order valence-corrected chi connectivity index (χ0v) is 19.5.